The number of halogens is 1. The van der Waals surface area contributed by atoms with Gasteiger partial charge in [0.15, 0.2) is 0 Å². The third kappa shape index (κ3) is 4.06. The maximum Gasteiger partial charge on any atom is 0.131 e. The van der Waals surface area contributed by atoms with Crippen molar-refractivity contribution >= 4 is 21.8 Å². The fourth-order valence-corrected chi connectivity index (χ4v) is 2.19. The third-order valence-electron chi connectivity index (χ3n) is 2.85. The molecule has 2 rings (SSSR count). The monoisotopic (exact) mass is 333 g/mol. The number of nitrogens with one attached hydrogen (secondary N) is 1. The van der Waals surface area contributed by atoms with Gasteiger partial charge in [0, 0.05) is 16.9 Å². The summed E-state index contributed by atoms with van der Waals surface area (Å²) < 4.78 is 6.64. The van der Waals surface area contributed by atoms with Gasteiger partial charge in [0.1, 0.15) is 11.6 Å². The van der Waals surface area contributed by atoms with E-state index < -0.39 is 0 Å². The van der Waals surface area contributed by atoms with Crippen molar-refractivity contribution in [2.75, 3.05) is 6.61 Å². The average molecular weight is 334 g/mol. The normalized spacial score (nSPS) is 10.2. The lowest BCUT2D eigenvalue weighted by molar-refractivity contribution is 0.310. The molecule has 104 valence electrons. The number of nitrogens with zero attached hydrogens (tertiary/aromatic N) is 1. The molecular weight excluding hydrogens is 318 g/mol. The molecule has 20 heavy (non-hydrogen) atoms. The lowest BCUT2D eigenvalue weighted by atomic mass is 10.1. The molecule has 1 aromatic carbocycles. The second-order valence-corrected chi connectivity index (χ2v) is 5.28. The van der Waals surface area contributed by atoms with Crippen molar-refractivity contribution in [3.63, 3.8) is 0 Å². The number of hydrogen-bond acceptors (Lipinski definition) is 3. The fourth-order valence-electron chi connectivity index (χ4n) is 1.85. The minimum absolute atomic E-state index is 0.0154. The van der Waals surface area contributed by atoms with E-state index in [0.29, 0.717) is 17.9 Å². The fraction of sp³-hybridized carbons (Fsp3) is 0.200. The van der Waals surface area contributed by atoms with Gasteiger partial charge < -0.3 is 10.5 Å². The average Bonchev–Trinajstić information content (AvgIpc) is 2.44. The van der Waals surface area contributed by atoms with Crippen molar-refractivity contribution in [2.24, 2.45) is 5.73 Å². The topological polar surface area (TPSA) is 72.0 Å². The number of hydrogen-bond donors (Lipinski definition) is 2. The Labute approximate surface area is 126 Å². The summed E-state index contributed by atoms with van der Waals surface area (Å²) >= 11 is 3.39. The molecule has 1 aromatic heterocycles. The minimum Gasteiger partial charge on any atom is -0.493 e. The van der Waals surface area contributed by atoms with Crippen molar-refractivity contribution in [1.82, 2.24) is 4.98 Å². The van der Waals surface area contributed by atoms with Gasteiger partial charge >= 0.3 is 0 Å². The highest BCUT2D eigenvalue weighted by atomic mass is 79.9. The van der Waals surface area contributed by atoms with Crippen LogP contribution >= 0.6 is 15.9 Å². The molecule has 1 heterocycles. The summed E-state index contributed by atoms with van der Waals surface area (Å²) in [4.78, 5) is 3.99. The Morgan fingerprint density at radius 1 is 1.25 bits per heavy atom. The summed E-state index contributed by atoms with van der Waals surface area (Å²) in [5.41, 5.74) is 7.40. The van der Waals surface area contributed by atoms with Crippen molar-refractivity contribution < 1.29 is 4.74 Å². The van der Waals surface area contributed by atoms with Crippen molar-refractivity contribution in [2.45, 2.75) is 12.8 Å². The molecule has 0 aliphatic carbocycles. The second kappa shape index (κ2) is 7.05. The number of aromatic nitrogens is 1. The molecule has 3 N–H and O–H groups in total. The Morgan fingerprint density at radius 2 is 2.00 bits per heavy atom. The van der Waals surface area contributed by atoms with Gasteiger partial charge in [0.25, 0.3) is 0 Å². The number of ether oxygens (including phenoxy) is 1. The van der Waals surface area contributed by atoms with Crippen LogP contribution in [0.3, 0.4) is 0 Å². The number of benzene rings is 1. The molecule has 0 aliphatic heterocycles. The molecular formula is C15H16BrN3O. The van der Waals surface area contributed by atoms with E-state index in [4.69, 9.17) is 15.9 Å². The Kier molecular flexibility index (Phi) is 5.12. The summed E-state index contributed by atoms with van der Waals surface area (Å²) in [5, 5.41) is 7.54. The summed E-state index contributed by atoms with van der Waals surface area (Å²) in [6.07, 6.45) is 5.41. The molecule has 0 fully saturated rings. The first-order valence-electron chi connectivity index (χ1n) is 6.32. The molecule has 0 spiro atoms. The zero-order chi connectivity index (χ0) is 14.4. The van der Waals surface area contributed by atoms with E-state index in [0.717, 1.165) is 17.3 Å². The molecule has 0 aliphatic rings. The van der Waals surface area contributed by atoms with Crippen LogP contribution < -0.4 is 10.5 Å². The predicted octanol–water partition coefficient (Wildman–Crippen LogP) is 3.14. The summed E-state index contributed by atoms with van der Waals surface area (Å²) in [6.45, 7) is 0.582. The van der Waals surface area contributed by atoms with E-state index in [9.17, 15) is 0 Å². The molecule has 4 nitrogen and oxygen atoms in total. The summed E-state index contributed by atoms with van der Waals surface area (Å²) in [6, 6.07) is 9.47. The van der Waals surface area contributed by atoms with Crippen molar-refractivity contribution in [3.8, 4) is 5.75 Å². The number of pyridine rings is 1. The predicted molar refractivity (Wildman–Crippen MR) is 83.2 cm³/mol. The number of nitrogens with two attached hydrogens (primary N) is 1. The quantitative estimate of drug-likeness (QED) is 0.484. The molecule has 0 saturated heterocycles. The molecule has 0 unspecified atom stereocenters. The Balaban J connectivity index is 1.91. The molecule has 0 radical (unpaired) electrons. The zero-order valence-electron chi connectivity index (χ0n) is 11.0. The van der Waals surface area contributed by atoms with E-state index in [1.165, 1.54) is 5.56 Å². The van der Waals surface area contributed by atoms with E-state index in [-0.39, 0.29) is 5.84 Å². The van der Waals surface area contributed by atoms with Gasteiger partial charge in [-0.05, 0) is 48.7 Å². The largest absolute Gasteiger partial charge is 0.493 e. The maximum absolute atomic E-state index is 7.54. The van der Waals surface area contributed by atoms with Gasteiger partial charge in [-0.25, -0.2) is 0 Å². The van der Waals surface area contributed by atoms with Gasteiger partial charge in [-0.1, -0.05) is 15.9 Å². The van der Waals surface area contributed by atoms with E-state index in [1.54, 1.807) is 18.5 Å². The van der Waals surface area contributed by atoms with Crippen LogP contribution in [0.5, 0.6) is 5.75 Å². The van der Waals surface area contributed by atoms with Crippen LogP contribution in [0.15, 0.2) is 47.2 Å². The van der Waals surface area contributed by atoms with Crippen LogP contribution in [-0.4, -0.2) is 17.4 Å². The first-order valence-corrected chi connectivity index (χ1v) is 7.12. The van der Waals surface area contributed by atoms with E-state index >= 15 is 0 Å². The highest BCUT2D eigenvalue weighted by Crippen LogP contribution is 2.23. The highest BCUT2D eigenvalue weighted by Gasteiger charge is 2.07. The second-order valence-electron chi connectivity index (χ2n) is 4.36. The molecule has 5 heteroatoms. The van der Waals surface area contributed by atoms with Gasteiger partial charge in [0.2, 0.25) is 0 Å². The number of rotatable bonds is 6. The summed E-state index contributed by atoms with van der Waals surface area (Å²) in [7, 11) is 0. The first kappa shape index (κ1) is 14.5. The molecule has 0 atom stereocenters. The van der Waals surface area contributed by atoms with Crippen LogP contribution in [0, 0.1) is 5.41 Å². The first-order chi connectivity index (χ1) is 9.66. The highest BCUT2D eigenvalue weighted by molar-refractivity contribution is 9.10. The van der Waals surface area contributed by atoms with Crippen LogP contribution in [0.4, 0.5) is 0 Å². The lowest BCUT2D eigenvalue weighted by Gasteiger charge is -2.11. The van der Waals surface area contributed by atoms with Crippen molar-refractivity contribution in [1.29, 1.82) is 5.41 Å². The lowest BCUT2D eigenvalue weighted by Crippen LogP contribution is -2.13. The number of amidine groups is 1. The molecule has 2 aromatic rings. The SMILES string of the molecule is N=C(N)c1ccc(Br)cc1OCCCc1ccncc1. The minimum atomic E-state index is 0.0154. The van der Waals surface area contributed by atoms with Crippen LogP contribution in [-0.2, 0) is 6.42 Å². The third-order valence-corrected chi connectivity index (χ3v) is 3.34. The van der Waals surface area contributed by atoms with Gasteiger partial charge in [-0.3, -0.25) is 10.4 Å². The van der Waals surface area contributed by atoms with Gasteiger partial charge in [0.05, 0.1) is 12.2 Å². The van der Waals surface area contributed by atoms with E-state index in [1.807, 2.05) is 24.3 Å². The Morgan fingerprint density at radius 3 is 2.70 bits per heavy atom. The van der Waals surface area contributed by atoms with Crippen LogP contribution in [0.2, 0.25) is 0 Å². The zero-order valence-corrected chi connectivity index (χ0v) is 12.6. The van der Waals surface area contributed by atoms with Gasteiger partial charge in [-0.15, -0.1) is 0 Å². The number of aryl methyl sites for hydroxylation is 1. The van der Waals surface area contributed by atoms with Gasteiger partial charge in [-0.2, -0.15) is 0 Å². The Hall–Kier alpha value is -1.88. The Bertz CT molecular complexity index is 587. The standard InChI is InChI=1S/C15H16BrN3O/c16-12-3-4-13(15(17)18)14(10-12)20-9-1-2-11-5-7-19-8-6-11/h3-8,10H,1-2,9H2,(H3,17,18). The molecule has 0 bridgehead atoms. The van der Waals surface area contributed by atoms with E-state index in [2.05, 4.69) is 20.9 Å². The summed E-state index contributed by atoms with van der Waals surface area (Å²) in [5.74, 6) is 0.656. The molecule has 0 saturated carbocycles. The number of nitrogen functional groups attached to an aromatic ring is 1. The smallest absolute Gasteiger partial charge is 0.131 e. The van der Waals surface area contributed by atoms with Crippen LogP contribution in [0.1, 0.15) is 17.5 Å². The van der Waals surface area contributed by atoms with Crippen molar-refractivity contribution in [3.05, 3.63) is 58.3 Å². The van der Waals surface area contributed by atoms with Crippen LogP contribution in [0.25, 0.3) is 0 Å². The molecule has 0 amide bonds. The maximum atomic E-state index is 7.54.